The molecule has 1 amide bonds. The number of aliphatic hydroxyl groups is 2. The minimum Gasteiger partial charge on any atom is -0.462 e. The van der Waals surface area contributed by atoms with Gasteiger partial charge in [0.25, 0.3) is 0 Å². The van der Waals surface area contributed by atoms with Gasteiger partial charge < -0.3 is 25.0 Å². The zero-order chi connectivity index (χ0) is 24.9. The molecule has 0 radical (unpaired) electrons. The number of ether oxygens (including phenoxy) is 2. The fraction of sp³-hybridized carbons (Fsp3) is 0.321. The van der Waals surface area contributed by atoms with E-state index in [4.69, 9.17) is 9.47 Å². The molecule has 0 saturated carbocycles. The van der Waals surface area contributed by atoms with Crippen LogP contribution in [0.2, 0.25) is 0 Å². The number of rotatable bonds is 7. The molecule has 5 atom stereocenters. The standard InChI is InChI=1S/C28H30FNO5/c1-17-25(32)26(33)28(35-27(17)20-7-4-3-5-8-20)34-23-12-11-19(13-14-30-18(2)31)24(16-23)21-9-6-10-22(29)15-21/h3-12,15-17,25-28,32-33H,13-14H2,1-2H3,(H,30,31)/t17-,25-,26-,27+,28-/m1/s1. The number of amides is 1. The molecule has 0 spiro atoms. The number of hydrogen-bond acceptors (Lipinski definition) is 5. The number of benzene rings is 3. The molecule has 7 heteroatoms. The van der Waals surface area contributed by atoms with Crippen molar-refractivity contribution in [3.63, 3.8) is 0 Å². The second-order valence-corrected chi connectivity index (χ2v) is 8.86. The van der Waals surface area contributed by atoms with Crippen LogP contribution in [-0.4, -0.2) is 41.2 Å². The van der Waals surface area contributed by atoms with E-state index in [1.54, 1.807) is 24.3 Å². The van der Waals surface area contributed by atoms with Crippen LogP contribution in [0.15, 0.2) is 72.8 Å². The first-order valence-corrected chi connectivity index (χ1v) is 11.7. The lowest BCUT2D eigenvalue weighted by Gasteiger charge is -2.41. The summed E-state index contributed by atoms with van der Waals surface area (Å²) in [6, 6.07) is 21.1. The van der Waals surface area contributed by atoms with E-state index in [0.29, 0.717) is 24.3 Å². The number of hydrogen-bond donors (Lipinski definition) is 3. The van der Waals surface area contributed by atoms with E-state index in [1.165, 1.54) is 19.1 Å². The van der Waals surface area contributed by atoms with Crippen molar-refractivity contribution in [1.29, 1.82) is 0 Å². The summed E-state index contributed by atoms with van der Waals surface area (Å²) >= 11 is 0. The van der Waals surface area contributed by atoms with Gasteiger partial charge in [0.2, 0.25) is 12.2 Å². The molecule has 3 aromatic rings. The molecule has 4 rings (SSSR count). The number of carbonyl (C=O) groups is 1. The topological polar surface area (TPSA) is 88.0 Å². The predicted molar refractivity (Wildman–Crippen MR) is 130 cm³/mol. The molecule has 6 nitrogen and oxygen atoms in total. The van der Waals surface area contributed by atoms with Gasteiger partial charge >= 0.3 is 0 Å². The third kappa shape index (κ3) is 5.88. The molecule has 3 N–H and O–H groups in total. The van der Waals surface area contributed by atoms with Gasteiger partial charge in [-0.15, -0.1) is 0 Å². The lowest BCUT2D eigenvalue weighted by atomic mass is 9.87. The van der Waals surface area contributed by atoms with E-state index < -0.39 is 24.6 Å². The summed E-state index contributed by atoms with van der Waals surface area (Å²) in [5.74, 6) is -0.423. The lowest BCUT2D eigenvalue weighted by Crippen LogP contribution is -2.52. The fourth-order valence-corrected chi connectivity index (χ4v) is 4.40. The quantitative estimate of drug-likeness (QED) is 0.477. The Bertz CT molecular complexity index is 1160. The zero-order valence-corrected chi connectivity index (χ0v) is 19.7. The van der Waals surface area contributed by atoms with Gasteiger partial charge in [-0.1, -0.05) is 55.5 Å². The van der Waals surface area contributed by atoms with Crippen molar-refractivity contribution >= 4 is 5.91 Å². The molecular weight excluding hydrogens is 449 g/mol. The van der Waals surface area contributed by atoms with E-state index in [0.717, 1.165) is 16.7 Å². The van der Waals surface area contributed by atoms with Crippen LogP contribution in [0.4, 0.5) is 4.39 Å². The first-order valence-electron chi connectivity index (χ1n) is 11.7. The minimum atomic E-state index is -1.25. The Balaban J connectivity index is 1.61. The third-order valence-electron chi connectivity index (χ3n) is 6.29. The van der Waals surface area contributed by atoms with Crippen LogP contribution in [-0.2, 0) is 16.0 Å². The molecule has 1 aliphatic rings. The van der Waals surface area contributed by atoms with Crippen molar-refractivity contribution < 1.29 is 28.9 Å². The Hall–Kier alpha value is -3.26. The third-order valence-corrected chi connectivity index (χ3v) is 6.29. The smallest absolute Gasteiger partial charge is 0.229 e. The maximum absolute atomic E-state index is 14.0. The van der Waals surface area contributed by atoms with E-state index in [1.807, 2.05) is 43.3 Å². The first kappa shape index (κ1) is 24.9. The second kappa shape index (κ2) is 11.0. The largest absolute Gasteiger partial charge is 0.462 e. The van der Waals surface area contributed by atoms with Crippen molar-refractivity contribution in [2.45, 2.75) is 44.9 Å². The molecule has 1 aliphatic heterocycles. The van der Waals surface area contributed by atoms with Crippen LogP contribution in [0, 0.1) is 11.7 Å². The van der Waals surface area contributed by atoms with E-state index >= 15 is 0 Å². The fourth-order valence-electron chi connectivity index (χ4n) is 4.40. The molecule has 0 aliphatic carbocycles. The van der Waals surface area contributed by atoms with Crippen LogP contribution in [0.25, 0.3) is 11.1 Å². The van der Waals surface area contributed by atoms with Gasteiger partial charge in [0.05, 0.1) is 12.2 Å². The van der Waals surface area contributed by atoms with Crippen molar-refractivity contribution in [3.05, 3.63) is 89.7 Å². The number of aliphatic hydroxyl groups excluding tert-OH is 2. The summed E-state index contributed by atoms with van der Waals surface area (Å²) in [6.45, 7) is 3.72. The molecule has 1 saturated heterocycles. The molecule has 1 fully saturated rings. The molecule has 0 unspecified atom stereocenters. The van der Waals surface area contributed by atoms with Crippen molar-refractivity contribution in [1.82, 2.24) is 5.32 Å². The van der Waals surface area contributed by atoms with Crippen LogP contribution in [0.5, 0.6) is 5.75 Å². The Morgan fingerprint density at radius 1 is 1.03 bits per heavy atom. The maximum atomic E-state index is 14.0. The van der Waals surface area contributed by atoms with Gasteiger partial charge in [0.1, 0.15) is 17.7 Å². The van der Waals surface area contributed by atoms with Crippen LogP contribution >= 0.6 is 0 Å². The predicted octanol–water partition coefficient (Wildman–Crippen LogP) is 4.01. The highest BCUT2D eigenvalue weighted by atomic mass is 19.1. The first-order chi connectivity index (χ1) is 16.8. The molecular formula is C28H30FNO5. The monoisotopic (exact) mass is 479 g/mol. The zero-order valence-electron chi connectivity index (χ0n) is 19.7. The highest BCUT2D eigenvalue weighted by molar-refractivity contribution is 5.73. The van der Waals surface area contributed by atoms with Crippen molar-refractivity contribution in [2.24, 2.45) is 5.92 Å². The summed E-state index contributed by atoms with van der Waals surface area (Å²) in [5, 5.41) is 24.2. The number of carbonyl (C=O) groups excluding carboxylic acids is 1. The van der Waals surface area contributed by atoms with Gasteiger partial charge in [0, 0.05) is 19.4 Å². The minimum absolute atomic E-state index is 0.124. The van der Waals surface area contributed by atoms with Crippen molar-refractivity contribution in [2.75, 3.05) is 6.54 Å². The molecule has 35 heavy (non-hydrogen) atoms. The summed E-state index contributed by atoms with van der Waals surface area (Å²) in [7, 11) is 0. The van der Waals surface area contributed by atoms with Gasteiger partial charge in [-0.3, -0.25) is 4.79 Å². The average molecular weight is 480 g/mol. The lowest BCUT2D eigenvalue weighted by molar-refractivity contribution is -0.258. The van der Waals surface area contributed by atoms with E-state index in [-0.39, 0.29) is 17.6 Å². The maximum Gasteiger partial charge on any atom is 0.229 e. The number of nitrogens with one attached hydrogen (secondary N) is 1. The molecule has 184 valence electrons. The van der Waals surface area contributed by atoms with Gasteiger partial charge in [-0.05, 0) is 52.9 Å². The summed E-state index contributed by atoms with van der Waals surface area (Å²) in [5.41, 5.74) is 3.19. The summed E-state index contributed by atoms with van der Waals surface area (Å²) in [4.78, 5) is 11.3. The normalized spacial score (nSPS) is 24.1. The van der Waals surface area contributed by atoms with E-state index in [2.05, 4.69) is 5.32 Å². The summed E-state index contributed by atoms with van der Waals surface area (Å²) in [6.07, 6.45) is -3.31. The van der Waals surface area contributed by atoms with Crippen LogP contribution in [0.1, 0.15) is 31.1 Å². The van der Waals surface area contributed by atoms with Gasteiger partial charge in [0.15, 0.2) is 0 Å². The Morgan fingerprint density at radius 2 is 1.80 bits per heavy atom. The average Bonchev–Trinajstić information content (AvgIpc) is 2.85. The molecule has 0 bridgehead atoms. The SMILES string of the molecule is CC(=O)NCCc1ccc(O[C@@H]2O[C@H](c3ccccc3)[C@H](C)[C@@H](O)[C@H]2O)cc1-c1cccc(F)c1. The second-order valence-electron chi connectivity index (χ2n) is 8.86. The van der Waals surface area contributed by atoms with Crippen LogP contribution < -0.4 is 10.1 Å². The molecule has 1 heterocycles. The van der Waals surface area contributed by atoms with E-state index in [9.17, 15) is 19.4 Å². The molecule has 3 aromatic carbocycles. The Labute approximate surface area is 204 Å². The Morgan fingerprint density at radius 3 is 2.51 bits per heavy atom. The highest BCUT2D eigenvalue weighted by Crippen LogP contribution is 2.38. The van der Waals surface area contributed by atoms with Gasteiger partial charge in [-0.2, -0.15) is 0 Å². The highest BCUT2D eigenvalue weighted by Gasteiger charge is 2.44. The molecule has 0 aromatic heterocycles. The summed E-state index contributed by atoms with van der Waals surface area (Å²) < 4.78 is 26.1. The van der Waals surface area contributed by atoms with Crippen molar-refractivity contribution in [3.8, 4) is 16.9 Å². The number of halogens is 1. The van der Waals surface area contributed by atoms with Gasteiger partial charge in [-0.25, -0.2) is 4.39 Å². The Kier molecular flexibility index (Phi) is 7.80. The van der Waals surface area contributed by atoms with Crippen LogP contribution in [0.3, 0.4) is 0 Å².